The Kier molecular flexibility index (Phi) is 2.68. The summed E-state index contributed by atoms with van der Waals surface area (Å²) in [7, 11) is 0. The maximum atomic E-state index is 4.91. The molecule has 1 nitrogen and oxygen atoms in total. The molecule has 0 amide bonds. The van der Waals surface area contributed by atoms with Gasteiger partial charge in [0.15, 0.2) is 0 Å². The number of rotatable bonds is 0. The van der Waals surface area contributed by atoms with Gasteiger partial charge in [-0.25, -0.2) is 4.98 Å². The minimum atomic E-state index is 0.735. The highest BCUT2D eigenvalue weighted by atomic mass is 14.7. The summed E-state index contributed by atoms with van der Waals surface area (Å²) in [5.41, 5.74) is 6.86. The summed E-state index contributed by atoms with van der Waals surface area (Å²) in [6, 6.07) is 17.7. The molecule has 3 aromatic carbocycles. The van der Waals surface area contributed by atoms with Gasteiger partial charge in [0.25, 0.3) is 0 Å². The fourth-order valence-electron chi connectivity index (χ4n) is 4.97. The van der Waals surface area contributed by atoms with Crippen molar-refractivity contribution in [3.05, 3.63) is 71.3 Å². The van der Waals surface area contributed by atoms with Crippen molar-refractivity contribution in [3.8, 4) is 0 Å². The molecule has 1 atom stereocenters. The second-order valence-electron chi connectivity index (χ2n) is 7.50. The first-order valence-corrected chi connectivity index (χ1v) is 9.33. The second-order valence-corrected chi connectivity index (χ2v) is 7.50. The van der Waals surface area contributed by atoms with Gasteiger partial charge in [-0.3, -0.25) is 0 Å². The quantitative estimate of drug-likeness (QED) is 0.270. The van der Waals surface area contributed by atoms with E-state index in [4.69, 9.17) is 4.98 Å². The van der Waals surface area contributed by atoms with E-state index in [0.29, 0.717) is 0 Å². The van der Waals surface area contributed by atoms with Gasteiger partial charge in [-0.1, -0.05) is 42.5 Å². The van der Waals surface area contributed by atoms with E-state index in [-0.39, 0.29) is 0 Å². The lowest BCUT2D eigenvalue weighted by Crippen LogP contribution is -2.13. The molecule has 4 aromatic rings. The molecule has 6 rings (SSSR count). The second kappa shape index (κ2) is 4.92. The molecule has 0 N–H and O–H groups in total. The van der Waals surface area contributed by atoms with E-state index < -0.39 is 0 Å². The Labute approximate surface area is 147 Å². The summed E-state index contributed by atoms with van der Waals surface area (Å²) in [5.74, 6) is 0.735. The van der Waals surface area contributed by atoms with Crippen molar-refractivity contribution in [3.63, 3.8) is 0 Å². The van der Waals surface area contributed by atoms with Gasteiger partial charge in [-0.05, 0) is 77.3 Å². The van der Waals surface area contributed by atoms with Crippen LogP contribution in [0.1, 0.15) is 41.9 Å². The summed E-state index contributed by atoms with van der Waals surface area (Å²) >= 11 is 0. The highest BCUT2D eigenvalue weighted by Crippen LogP contribution is 2.44. The zero-order valence-corrected chi connectivity index (χ0v) is 14.1. The van der Waals surface area contributed by atoms with Crippen LogP contribution in [0.15, 0.2) is 54.6 Å². The molecule has 25 heavy (non-hydrogen) atoms. The summed E-state index contributed by atoms with van der Waals surface area (Å²) in [5, 5.41) is 5.28. The molecule has 1 heteroatoms. The van der Waals surface area contributed by atoms with E-state index in [0.717, 1.165) is 17.0 Å². The third-order valence-corrected chi connectivity index (χ3v) is 6.10. The molecule has 0 bridgehead atoms. The Hall–Kier alpha value is -2.67. The first-order chi connectivity index (χ1) is 12.4. The normalized spacial score (nSPS) is 18.8. The van der Waals surface area contributed by atoms with Crippen molar-refractivity contribution in [2.24, 2.45) is 0 Å². The summed E-state index contributed by atoms with van der Waals surface area (Å²) in [4.78, 5) is 4.91. The minimum Gasteiger partial charge on any atom is -0.248 e. The molecule has 1 aromatic heterocycles. The van der Waals surface area contributed by atoms with Crippen LogP contribution in [0.2, 0.25) is 0 Å². The smallest absolute Gasteiger partial charge is 0.0716 e. The van der Waals surface area contributed by atoms with Crippen molar-refractivity contribution in [1.82, 2.24) is 4.98 Å². The van der Waals surface area contributed by atoms with Gasteiger partial charge in [0, 0.05) is 10.8 Å². The molecule has 2 aliphatic rings. The zero-order valence-electron chi connectivity index (χ0n) is 14.1. The van der Waals surface area contributed by atoms with Crippen LogP contribution in [-0.2, 0) is 6.42 Å². The molecular formula is C24H19N. The van der Waals surface area contributed by atoms with E-state index in [1.807, 2.05) is 0 Å². The topological polar surface area (TPSA) is 12.9 Å². The fraction of sp³-hybridized carbons (Fsp3) is 0.208. The number of hydrogen-bond acceptors (Lipinski definition) is 1. The number of para-hydroxylation sites is 1. The predicted molar refractivity (Wildman–Crippen MR) is 106 cm³/mol. The van der Waals surface area contributed by atoms with Gasteiger partial charge in [-0.2, -0.15) is 0 Å². The summed E-state index contributed by atoms with van der Waals surface area (Å²) in [6.07, 6.45) is 9.84. The molecule has 120 valence electrons. The maximum absolute atomic E-state index is 4.91. The number of hydrogen-bond donors (Lipinski definition) is 0. The molecule has 0 aliphatic heterocycles. The number of benzene rings is 3. The highest BCUT2D eigenvalue weighted by molar-refractivity contribution is 6.12. The molecule has 0 saturated heterocycles. The van der Waals surface area contributed by atoms with Crippen LogP contribution in [0.4, 0.5) is 0 Å². The molecule has 1 unspecified atom stereocenters. The maximum Gasteiger partial charge on any atom is 0.0716 e. The first-order valence-electron chi connectivity index (χ1n) is 9.33. The van der Waals surface area contributed by atoms with Gasteiger partial charge in [-0.15, -0.1) is 0 Å². The molecule has 0 saturated carbocycles. The molecule has 1 heterocycles. The number of aromatic nitrogens is 1. The highest BCUT2D eigenvalue weighted by Gasteiger charge is 2.26. The van der Waals surface area contributed by atoms with E-state index in [9.17, 15) is 0 Å². The Bertz CT molecular complexity index is 1200. The average molecular weight is 321 g/mol. The van der Waals surface area contributed by atoms with E-state index in [1.165, 1.54) is 52.8 Å². The third-order valence-electron chi connectivity index (χ3n) is 6.10. The zero-order chi connectivity index (χ0) is 16.4. The average Bonchev–Trinajstić information content (AvgIpc) is 2.67. The van der Waals surface area contributed by atoms with Crippen LogP contribution in [0.5, 0.6) is 0 Å². The van der Waals surface area contributed by atoms with Crippen molar-refractivity contribution in [2.75, 3.05) is 0 Å². The van der Waals surface area contributed by atoms with Crippen LogP contribution >= 0.6 is 0 Å². The van der Waals surface area contributed by atoms with Gasteiger partial charge in [0.2, 0.25) is 0 Å². The number of aryl methyl sites for hydroxylation is 1. The van der Waals surface area contributed by atoms with Gasteiger partial charge in [0.1, 0.15) is 0 Å². The molecule has 0 fully saturated rings. The summed E-state index contributed by atoms with van der Waals surface area (Å²) in [6.45, 7) is 0. The summed E-state index contributed by atoms with van der Waals surface area (Å²) < 4.78 is 0. The number of fused-ring (bicyclic) bond motifs is 5. The van der Waals surface area contributed by atoms with E-state index in [1.54, 1.807) is 11.1 Å². The Morgan fingerprint density at radius 3 is 2.84 bits per heavy atom. The van der Waals surface area contributed by atoms with Crippen LogP contribution in [0.25, 0.3) is 38.7 Å². The van der Waals surface area contributed by atoms with Crippen LogP contribution in [0, 0.1) is 0 Å². The van der Waals surface area contributed by atoms with Gasteiger partial charge in [0.05, 0.1) is 11.0 Å². The minimum absolute atomic E-state index is 0.735. The molecule has 2 aliphatic carbocycles. The predicted octanol–water partition coefficient (Wildman–Crippen LogP) is 6.38. The van der Waals surface area contributed by atoms with Crippen molar-refractivity contribution in [1.29, 1.82) is 0 Å². The van der Waals surface area contributed by atoms with Crippen LogP contribution < -0.4 is 0 Å². The lowest BCUT2D eigenvalue weighted by atomic mass is 9.74. The third kappa shape index (κ3) is 1.87. The van der Waals surface area contributed by atoms with Crippen LogP contribution in [-0.4, -0.2) is 4.98 Å². The molecule has 0 radical (unpaired) electrons. The molecule has 0 spiro atoms. The van der Waals surface area contributed by atoms with E-state index in [2.05, 4.69) is 60.7 Å². The number of nitrogens with zero attached hydrogens (tertiary/aromatic N) is 1. The lowest BCUT2D eigenvalue weighted by molar-refractivity contribution is 0.555. The Balaban J connectivity index is 1.79. The monoisotopic (exact) mass is 321 g/mol. The Morgan fingerprint density at radius 2 is 1.84 bits per heavy atom. The fourth-order valence-corrected chi connectivity index (χ4v) is 4.97. The Morgan fingerprint density at radius 1 is 0.880 bits per heavy atom. The van der Waals surface area contributed by atoms with Gasteiger partial charge < -0.3 is 0 Å². The standard InChI is InChI=1S/C24H19N/c1-2-10-22-16(5-1)13-21-20-14-17-8-3-6-15-7-4-9-19(24(15)17)18(20)11-12-23(21)25-22/h1-2,4-5,9-15H,3,6-8H2. The number of pyridine rings is 1. The number of allylic oxidation sites excluding steroid dienone is 1. The van der Waals surface area contributed by atoms with E-state index >= 15 is 0 Å². The van der Waals surface area contributed by atoms with Crippen LogP contribution in [0.3, 0.4) is 0 Å². The first kappa shape index (κ1) is 13.6. The molecular weight excluding hydrogens is 302 g/mol. The lowest BCUT2D eigenvalue weighted by Gasteiger charge is -2.30. The van der Waals surface area contributed by atoms with Crippen molar-refractivity contribution >= 4 is 38.7 Å². The van der Waals surface area contributed by atoms with Crippen molar-refractivity contribution < 1.29 is 0 Å². The van der Waals surface area contributed by atoms with Crippen molar-refractivity contribution in [2.45, 2.75) is 31.6 Å². The van der Waals surface area contributed by atoms with Gasteiger partial charge >= 0.3 is 0 Å². The largest absolute Gasteiger partial charge is 0.248 e. The SMILES string of the molecule is C1=Cc2c3c(cc4c2ccc2nc5ccccc5cc24)CCCC3C1.